The molecule has 0 bridgehead atoms. The van der Waals surface area contributed by atoms with E-state index in [0.29, 0.717) is 11.7 Å². The number of anilines is 1. The van der Waals surface area contributed by atoms with E-state index in [9.17, 15) is 13.7 Å². The summed E-state index contributed by atoms with van der Waals surface area (Å²) in [4.78, 5) is 2.17. The monoisotopic (exact) mass is 385 g/mol. The van der Waals surface area contributed by atoms with Gasteiger partial charge in [-0.05, 0) is 63.2 Å². The van der Waals surface area contributed by atoms with Crippen molar-refractivity contribution < 1.29 is 13.2 Å². The fourth-order valence-corrected chi connectivity index (χ4v) is 4.80. The van der Waals surface area contributed by atoms with Crippen LogP contribution in [-0.4, -0.2) is 40.6 Å². The van der Waals surface area contributed by atoms with Crippen molar-refractivity contribution in [3.05, 3.63) is 53.1 Å². The first-order valence-electron chi connectivity index (χ1n) is 8.74. The highest BCUT2D eigenvalue weighted by molar-refractivity contribution is 7.92. The smallest absolute Gasteiger partial charge is 0.263 e. The van der Waals surface area contributed by atoms with Gasteiger partial charge in [0.1, 0.15) is 16.7 Å². The van der Waals surface area contributed by atoms with E-state index in [-0.39, 0.29) is 10.5 Å². The number of nitrogens with one attached hydrogen (secondary N) is 1. The van der Waals surface area contributed by atoms with Crippen molar-refractivity contribution in [1.29, 1.82) is 5.26 Å². The minimum Gasteiger partial charge on any atom is -0.496 e. The second-order valence-electron chi connectivity index (χ2n) is 6.85. The maximum absolute atomic E-state index is 12.9. The van der Waals surface area contributed by atoms with Crippen LogP contribution in [0.4, 0.5) is 5.69 Å². The summed E-state index contributed by atoms with van der Waals surface area (Å²) in [7, 11) is 1.86. The minimum atomic E-state index is -3.86. The molecule has 1 unspecified atom stereocenters. The maximum Gasteiger partial charge on any atom is 0.263 e. The van der Waals surface area contributed by atoms with Crippen molar-refractivity contribution in [3.8, 4) is 11.8 Å². The number of ether oxygens (including phenoxy) is 1. The molecule has 6 nitrogen and oxygen atoms in total. The molecule has 1 aliphatic rings. The van der Waals surface area contributed by atoms with Crippen LogP contribution in [0.5, 0.6) is 5.75 Å². The Kier molecular flexibility index (Phi) is 5.40. The number of hydrogen-bond acceptors (Lipinski definition) is 5. The number of methoxy groups -OCH3 is 1. The molecule has 2 aromatic carbocycles. The van der Waals surface area contributed by atoms with Gasteiger partial charge in [-0.1, -0.05) is 12.1 Å². The number of likely N-dealkylation sites (N-methyl/N-ethyl adjacent to an activating group) is 1. The number of nitriles is 1. The number of hydrogen-bond donors (Lipinski definition) is 1. The molecule has 2 aromatic rings. The molecule has 1 aliphatic carbocycles. The van der Waals surface area contributed by atoms with Crippen molar-refractivity contribution >= 4 is 15.7 Å². The Morgan fingerprint density at radius 3 is 2.59 bits per heavy atom. The lowest BCUT2D eigenvalue weighted by atomic mass is 9.86. The first kappa shape index (κ1) is 19.2. The molecule has 0 amide bonds. The van der Waals surface area contributed by atoms with Gasteiger partial charge < -0.3 is 9.64 Å². The molecule has 0 fully saturated rings. The minimum absolute atomic E-state index is 0.0148. The zero-order valence-electron chi connectivity index (χ0n) is 15.7. The van der Waals surface area contributed by atoms with Crippen LogP contribution in [-0.2, 0) is 22.9 Å². The van der Waals surface area contributed by atoms with Gasteiger partial charge in [0.25, 0.3) is 10.0 Å². The summed E-state index contributed by atoms with van der Waals surface area (Å²) in [6, 6.07) is 12.1. The quantitative estimate of drug-likeness (QED) is 0.856. The van der Waals surface area contributed by atoms with Crippen LogP contribution in [0.2, 0.25) is 0 Å². The van der Waals surface area contributed by atoms with E-state index in [4.69, 9.17) is 4.74 Å². The number of sulfonamides is 1. The normalized spacial score (nSPS) is 16.5. The summed E-state index contributed by atoms with van der Waals surface area (Å²) >= 11 is 0. The summed E-state index contributed by atoms with van der Waals surface area (Å²) in [6.45, 7) is 0. The maximum atomic E-state index is 12.9. The number of nitrogens with zero attached hydrogens (tertiary/aromatic N) is 2. The zero-order chi connectivity index (χ0) is 19.6. The Labute approximate surface area is 160 Å². The Bertz CT molecular complexity index is 994. The summed E-state index contributed by atoms with van der Waals surface area (Å²) in [6.07, 6.45) is 2.50. The molecule has 0 radical (unpaired) electrons. The second-order valence-corrected chi connectivity index (χ2v) is 8.50. The lowest BCUT2D eigenvalue weighted by Gasteiger charge is -2.32. The first-order chi connectivity index (χ1) is 12.9. The van der Waals surface area contributed by atoms with Crippen LogP contribution in [0, 0.1) is 11.3 Å². The third-order valence-corrected chi connectivity index (χ3v) is 6.47. The SMILES string of the molecule is COc1ccc(NS(=O)(=O)c2ccccc2C#N)c2c1CC(N(C)C)CC2. The van der Waals surface area contributed by atoms with Gasteiger partial charge in [-0.3, -0.25) is 4.72 Å². The third kappa shape index (κ3) is 3.77. The van der Waals surface area contributed by atoms with Gasteiger partial charge >= 0.3 is 0 Å². The Morgan fingerprint density at radius 1 is 1.19 bits per heavy atom. The molecular weight excluding hydrogens is 362 g/mol. The number of fused-ring (bicyclic) bond motifs is 1. The third-order valence-electron chi connectivity index (χ3n) is 5.05. The molecular formula is C20H23N3O3S. The average molecular weight is 385 g/mol. The Balaban J connectivity index is 2.02. The average Bonchev–Trinajstić information content (AvgIpc) is 2.67. The largest absolute Gasteiger partial charge is 0.496 e. The highest BCUT2D eigenvalue weighted by Gasteiger charge is 2.27. The predicted molar refractivity (Wildman–Crippen MR) is 104 cm³/mol. The lowest BCUT2D eigenvalue weighted by molar-refractivity contribution is 0.265. The van der Waals surface area contributed by atoms with Crippen molar-refractivity contribution in [1.82, 2.24) is 4.90 Å². The zero-order valence-corrected chi connectivity index (χ0v) is 16.5. The van der Waals surface area contributed by atoms with Crippen LogP contribution >= 0.6 is 0 Å². The molecule has 1 atom stereocenters. The van der Waals surface area contributed by atoms with E-state index >= 15 is 0 Å². The van der Waals surface area contributed by atoms with Crippen LogP contribution < -0.4 is 9.46 Å². The standard InChI is InChI=1S/C20H23N3O3S/c1-23(2)15-8-9-16-17(12-15)19(26-3)11-10-18(16)22-27(24,25)20-7-5-4-6-14(20)13-21/h4-7,10-11,15,22H,8-9,12H2,1-3H3. The van der Waals surface area contributed by atoms with Crippen molar-refractivity contribution in [2.45, 2.75) is 30.2 Å². The van der Waals surface area contributed by atoms with E-state index in [1.165, 1.54) is 12.1 Å². The molecule has 1 N–H and O–H groups in total. The van der Waals surface area contributed by atoms with Crippen LogP contribution in [0.3, 0.4) is 0 Å². The van der Waals surface area contributed by atoms with Gasteiger partial charge in [-0.25, -0.2) is 8.42 Å². The fraction of sp³-hybridized carbons (Fsp3) is 0.350. The summed E-state index contributed by atoms with van der Waals surface area (Å²) in [5.41, 5.74) is 2.68. The van der Waals surface area contributed by atoms with Gasteiger partial charge in [0, 0.05) is 11.6 Å². The lowest BCUT2D eigenvalue weighted by Crippen LogP contribution is -2.34. The highest BCUT2D eigenvalue weighted by Crippen LogP contribution is 2.36. The van der Waals surface area contributed by atoms with Crippen LogP contribution in [0.1, 0.15) is 23.1 Å². The van der Waals surface area contributed by atoms with Crippen LogP contribution in [0.25, 0.3) is 0 Å². The van der Waals surface area contributed by atoms with E-state index in [1.54, 1.807) is 31.4 Å². The molecule has 0 saturated heterocycles. The molecule has 0 saturated carbocycles. The van der Waals surface area contributed by atoms with Gasteiger partial charge in [0.2, 0.25) is 0 Å². The first-order valence-corrected chi connectivity index (χ1v) is 10.2. The molecule has 0 aliphatic heterocycles. The number of benzene rings is 2. The van der Waals surface area contributed by atoms with Crippen molar-refractivity contribution in [3.63, 3.8) is 0 Å². The molecule has 0 aromatic heterocycles. The van der Waals surface area contributed by atoms with E-state index in [2.05, 4.69) is 9.62 Å². The topological polar surface area (TPSA) is 82.4 Å². The Hall–Kier alpha value is -2.56. The summed E-state index contributed by atoms with van der Waals surface area (Å²) in [5.74, 6) is 0.775. The fourth-order valence-electron chi connectivity index (χ4n) is 3.55. The Morgan fingerprint density at radius 2 is 1.93 bits per heavy atom. The number of rotatable bonds is 5. The predicted octanol–water partition coefficient (Wildman–Crippen LogP) is 2.79. The van der Waals surface area contributed by atoms with Crippen molar-refractivity contribution in [2.24, 2.45) is 0 Å². The summed E-state index contributed by atoms with van der Waals surface area (Å²) < 4.78 is 34.0. The van der Waals surface area contributed by atoms with E-state index < -0.39 is 10.0 Å². The van der Waals surface area contributed by atoms with Gasteiger partial charge in [0.15, 0.2) is 0 Å². The van der Waals surface area contributed by atoms with Crippen molar-refractivity contribution in [2.75, 3.05) is 25.9 Å². The summed E-state index contributed by atoms with van der Waals surface area (Å²) in [5, 5.41) is 9.23. The van der Waals surface area contributed by atoms with Gasteiger partial charge in [0.05, 0.1) is 18.4 Å². The molecule has 27 heavy (non-hydrogen) atoms. The molecule has 7 heteroatoms. The van der Waals surface area contributed by atoms with E-state index in [1.807, 2.05) is 20.2 Å². The molecule has 142 valence electrons. The second kappa shape index (κ2) is 7.59. The highest BCUT2D eigenvalue weighted by atomic mass is 32.2. The van der Waals surface area contributed by atoms with Gasteiger partial charge in [-0.2, -0.15) is 5.26 Å². The molecule has 0 spiro atoms. The van der Waals surface area contributed by atoms with E-state index in [0.717, 1.165) is 36.1 Å². The molecule has 0 heterocycles. The van der Waals surface area contributed by atoms with Gasteiger partial charge in [-0.15, -0.1) is 0 Å². The van der Waals surface area contributed by atoms with Crippen LogP contribution in [0.15, 0.2) is 41.3 Å². The molecule has 3 rings (SSSR count).